The molecule has 2 heterocycles. The molecule has 0 bridgehead atoms. The van der Waals surface area contributed by atoms with Gasteiger partial charge in [0.15, 0.2) is 0 Å². The van der Waals surface area contributed by atoms with Gasteiger partial charge in [0.25, 0.3) is 0 Å². The lowest BCUT2D eigenvalue weighted by molar-refractivity contribution is 1.51. The van der Waals surface area contributed by atoms with Crippen molar-refractivity contribution in [2.45, 2.75) is 0 Å². The van der Waals surface area contributed by atoms with E-state index in [0.717, 1.165) is 20.9 Å². The summed E-state index contributed by atoms with van der Waals surface area (Å²) in [7, 11) is 0. The van der Waals surface area contributed by atoms with Crippen LogP contribution in [0.4, 0.5) is 0 Å². The predicted octanol–water partition coefficient (Wildman–Crippen LogP) is 4.57. The summed E-state index contributed by atoms with van der Waals surface area (Å²) in [6, 6.07) is 11.6. The Hall–Kier alpha value is -3.14. The fourth-order valence-corrected chi connectivity index (χ4v) is 3.14. The van der Waals surface area contributed by atoms with Crippen LogP contribution < -0.4 is 0 Å². The van der Waals surface area contributed by atoms with Gasteiger partial charge in [0, 0.05) is 22.3 Å². The minimum Gasteiger partial charge on any atom is -0.135 e. The summed E-state index contributed by atoms with van der Waals surface area (Å²) in [4.78, 5) is 1.98. The normalized spacial score (nSPS) is 8.92. The number of hydrogen-bond acceptors (Lipinski definition) is 2. The maximum absolute atomic E-state index is 5.64. The van der Waals surface area contributed by atoms with E-state index in [1.807, 2.05) is 47.2 Å². The maximum atomic E-state index is 5.64. The highest BCUT2D eigenvalue weighted by Gasteiger charge is 2.05. The average Bonchev–Trinajstić information content (AvgIpc) is 3.31. The number of rotatable bonds is 0. The summed E-state index contributed by atoms with van der Waals surface area (Å²) in [6.45, 7) is 0. The van der Waals surface area contributed by atoms with Crippen molar-refractivity contribution < 1.29 is 0 Å². The van der Waals surface area contributed by atoms with Crippen molar-refractivity contribution >= 4 is 22.7 Å². The molecule has 0 saturated heterocycles. The Morgan fingerprint density at radius 1 is 0.625 bits per heavy atom. The van der Waals surface area contributed by atoms with Crippen molar-refractivity contribution in [3.8, 4) is 48.4 Å². The highest BCUT2D eigenvalue weighted by atomic mass is 32.1. The Labute approximate surface area is 150 Å². The van der Waals surface area contributed by atoms with Crippen molar-refractivity contribution in [2.75, 3.05) is 0 Å². The molecule has 0 aliphatic heterocycles. The van der Waals surface area contributed by atoms with Crippen molar-refractivity contribution in [2.24, 2.45) is 0 Å². The van der Waals surface area contributed by atoms with Crippen molar-refractivity contribution in [1.82, 2.24) is 0 Å². The molecule has 1 aromatic carbocycles. The van der Waals surface area contributed by atoms with Crippen molar-refractivity contribution in [3.63, 3.8) is 0 Å². The molecule has 0 atom stereocenters. The van der Waals surface area contributed by atoms with Crippen LogP contribution in [0, 0.1) is 48.4 Å². The van der Waals surface area contributed by atoms with E-state index in [4.69, 9.17) is 12.8 Å². The van der Waals surface area contributed by atoms with Gasteiger partial charge in [-0.3, -0.25) is 0 Å². The topological polar surface area (TPSA) is 0 Å². The minimum absolute atomic E-state index is 0.702. The molecular weight excluding hydrogens is 328 g/mol. The molecule has 24 heavy (non-hydrogen) atoms. The molecule has 0 saturated carbocycles. The molecule has 3 aromatic rings. The molecule has 0 unspecified atom stereocenters. The fraction of sp³-hybridized carbons (Fsp3) is 0. The number of benzene rings is 1. The second kappa shape index (κ2) is 7.42. The van der Waals surface area contributed by atoms with E-state index in [1.54, 1.807) is 22.7 Å². The van der Waals surface area contributed by atoms with Crippen LogP contribution in [-0.4, -0.2) is 0 Å². The molecule has 0 aliphatic carbocycles. The number of terminal acetylenes is 2. The van der Waals surface area contributed by atoms with Crippen LogP contribution in [0.3, 0.4) is 0 Å². The second-order valence-corrected chi connectivity index (χ2v) is 6.58. The molecule has 0 nitrogen and oxygen atoms in total. The molecule has 0 spiro atoms. The third kappa shape index (κ3) is 3.60. The second-order valence-electron chi connectivity index (χ2n) is 4.69. The fourth-order valence-electron chi connectivity index (χ4n) is 2.00. The monoisotopic (exact) mass is 338 g/mol. The third-order valence-corrected chi connectivity index (χ3v) is 4.72. The molecule has 2 heteroatoms. The SMILES string of the molecule is C#Cc1cc(C#Cc2cccs2)c(C#C)cc1C#Cc1cccs1. The summed E-state index contributed by atoms with van der Waals surface area (Å²) in [5.41, 5.74) is 2.91. The summed E-state index contributed by atoms with van der Waals surface area (Å²) >= 11 is 3.18. The predicted molar refractivity (Wildman–Crippen MR) is 103 cm³/mol. The van der Waals surface area contributed by atoms with Gasteiger partial charge in [0.05, 0.1) is 9.75 Å². The Bertz CT molecular complexity index is 970. The van der Waals surface area contributed by atoms with Gasteiger partial charge in [-0.05, 0) is 35.0 Å². The van der Waals surface area contributed by atoms with Crippen LogP contribution in [-0.2, 0) is 0 Å². The molecule has 0 fully saturated rings. The number of thiophene rings is 2. The van der Waals surface area contributed by atoms with E-state index in [9.17, 15) is 0 Å². The van der Waals surface area contributed by atoms with Crippen LogP contribution in [0.25, 0.3) is 0 Å². The molecule has 0 N–H and O–H groups in total. The molecular formula is C22H10S2. The van der Waals surface area contributed by atoms with Gasteiger partial charge in [0.2, 0.25) is 0 Å². The zero-order valence-electron chi connectivity index (χ0n) is 12.6. The molecule has 3 rings (SSSR count). The Morgan fingerprint density at radius 2 is 1.08 bits per heavy atom. The first kappa shape index (κ1) is 15.7. The van der Waals surface area contributed by atoms with E-state index in [-0.39, 0.29) is 0 Å². The average molecular weight is 338 g/mol. The van der Waals surface area contributed by atoms with Gasteiger partial charge in [-0.2, -0.15) is 0 Å². The summed E-state index contributed by atoms with van der Waals surface area (Å²) in [6.07, 6.45) is 11.3. The molecule has 2 aromatic heterocycles. The lowest BCUT2D eigenvalue weighted by Crippen LogP contribution is -1.91. The van der Waals surface area contributed by atoms with E-state index < -0.39 is 0 Å². The van der Waals surface area contributed by atoms with Gasteiger partial charge in [-0.15, -0.1) is 35.5 Å². The molecule has 0 aliphatic rings. The Kier molecular flexibility index (Phi) is 4.87. The van der Waals surface area contributed by atoms with Gasteiger partial charge in [0.1, 0.15) is 0 Å². The van der Waals surface area contributed by atoms with E-state index in [0.29, 0.717) is 11.1 Å². The van der Waals surface area contributed by atoms with Crippen molar-refractivity contribution in [1.29, 1.82) is 0 Å². The maximum Gasteiger partial charge on any atom is 0.0772 e. The summed E-state index contributed by atoms with van der Waals surface area (Å²) in [5, 5.41) is 3.98. The lowest BCUT2D eigenvalue weighted by Gasteiger charge is -2.02. The van der Waals surface area contributed by atoms with Crippen LogP contribution in [0.15, 0.2) is 47.2 Å². The van der Waals surface area contributed by atoms with Gasteiger partial charge in [-0.25, -0.2) is 0 Å². The van der Waals surface area contributed by atoms with Gasteiger partial charge in [-0.1, -0.05) is 47.7 Å². The van der Waals surface area contributed by atoms with E-state index in [2.05, 4.69) is 35.5 Å². The summed E-state index contributed by atoms with van der Waals surface area (Å²) < 4.78 is 0. The first-order chi connectivity index (χ1) is 11.8. The molecule has 110 valence electrons. The zero-order chi connectivity index (χ0) is 16.8. The first-order valence-corrected chi connectivity index (χ1v) is 8.78. The Balaban J connectivity index is 2.04. The lowest BCUT2D eigenvalue weighted by atomic mass is 9.99. The largest absolute Gasteiger partial charge is 0.135 e. The van der Waals surface area contributed by atoms with Crippen LogP contribution in [0.2, 0.25) is 0 Å². The van der Waals surface area contributed by atoms with Crippen LogP contribution in [0.1, 0.15) is 32.0 Å². The standard InChI is InChI=1S/C22H10S2/c1-3-17-15-20(10-12-22-8-6-14-24-22)18(4-2)16-19(17)9-11-21-7-5-13-23-21/h1-2,5-8,13-16H. The first-order valence-electron chi connectivity index (χ1n) is 7.02. The van der Waals surface area contributed by atoms with E-state index in [1.165, 1.54) is 0 Å². The quantitative estimate of drug-likeness (QED) is 0.527. The third-order valence-electron chi connectivity index (χ3n) is 3.15. The van der Waals surface area contributed by atoms with Crippen LogP contribution in [0.5, 0.6) is 0 Å². The van der Waals surface area contributed by atoms with Crippen LogP contribution >= 0.6 is 22.7 Å². The highest BCUT2D eigenvalue weighted by molar-refractivity contribution is 7.10. The smallest absolute Gasteiger partial charge is 0.0772 e. The molecule has 0 radical (unpaired) electrons. The van der Waals surface area contributed by atoms with Crippen molar-refractivity contribution in [3.05, 3.63) is 79.2 Å². The number of hydrogen-bond donors (Lipinski definition) is 0. The van der Waals surface area contributed by atoms with E-state index >= 15 is 0 Å². The Morgan fingerprint density at radius 3 is 1.42 bits per heavy atom. The summed E-state index contributed by atoms with van der Waals surface area (Å²) in [5.74, 6) is 17.8. The van der Waals surface area contributed by atoms with Gasteiger partial charge < -0.3 is 0 Å². The zero-order valence-corrected chi connectivity index (χ0v) is 14.2. The highest BCUT2D eigenvalue weighted by Crippen LogP contribution is 2.16. The molecule has 0 amide bonds. The minimum atomic E-state index is 0.702. The van der Waals surface area contributed by atoms with Gasteiger partial charge >= 0.3 is 0 Å².